The summed E-state index contributed by atoms with van der Waals surface area (Å²) in [6.07, 6.45) is 0. The number of aliphatic imine (C=N–C) groups is 2. The van der Waals surface area contributed by atoms with Gasteiger partial charge < -0.3 is 24.8 Å². The van der Waals surface area contributed by atoms with Crippen LogP contribution in [-0.2, 0) is 4.74 Å². The van der Waals surface area contributed by atoms with E-state index in [-0.39, 0.29) is 17.8 Å². The molecule has 0 spiro atoms. The van der Waals surface area contributed by atoms with Crippen molar-refractivity contribution >= 4 is 40.5 Å². The van der Waals surface area contributed by atoms with E-state index in [4.69, 9.17) is 24.6 Å². The smallest absolute Gasteiger partial charge is 0.338 e. The van der Waals surface area contributed by atoms with Gasteiger partial charge in [-0.1, -0.05) is 36.4 Å². The quantitative estimate of drug-likeness (QED) is 0.205. The number of hydrogen-bond donors (Lipinski definition) is 2. The van der Waals surface area contributed by atoms with Crippen LogP contribution in [0.1, 0.15) is 40.1 Å². The molecule has 10 nitrogen and oxygen atoms in total. The molecular weight excluding hydrogens is 568 g/mol. The van der Waals surface area contributed by atoms with Gasteiger partial charge in [-0.3, -0.25) is 0 Å². The van der Waals surface area contributed by atoms with E-state index in [1.165, 1.54) is 7.11 Å². The molecular formula is C35H30N6O4. The number of methoxy groups -OCH3 is 1. The zero-order chi connectivity index (χ0) is 31.1. The second-order valence-corrected chi connectivity index (χ2v) is 10.6. The number of carbonyl (C=O) groups is 1. The van der Waals surface area contributed by atoms with Gasteiger partial charge in [0.25, 0.3) is 0 Å². The largest absolute Gasteiger partial charge is 0.504 e. The molecule has 1 aromatic heterocycles. The van der Waals surface area contributed by atoms with Crippen molar-refractivity contribution in [3.8, 4) is 17.2 Å². The third kappa shape index (κ3) is 4.86. The molecule has 0 saturated carbocycles. The summed E-state index contributed by atoms with van der Waals surface area (Å²) in [4.78, 5) is 24.7. The first-order chi connectivity index (χ1) is 22.0. The molecule has 0 amide bonds. The third-order valence-corrected chi connectivity index (χ3v) is 7.82. The van der Waals surface area contributed by atoms with E-state index >= 15 is 0 Å². The summed E-state index contributed by atoms with van der Waals surface area (Å²) >= 11 is 0. The second-order valence-electron chi connectivity index (χ2n) is 10.6. The number of phenolic OH excluding ortho intramolecular Hbond substituents is 1. The van der Waals surface area contributed by atoms with Crippen LogP contribution in [0.3, 0.4) is 0 Å². The molecule has 1 unspecified atom stereocenters. The fourth-order valence-electron chi connectivity index (χ4n) is 5.77. The standard InChI is InChI=1S/C35H30N6O4/c1-4-45-35(43)22-14-17-24(18-15-22)36-32-34-38-33-30(21(2)39-41(33)25-10-6-5-7-11-25)31(23-16-19-28(42)29(20-23)44-3)40(34)27-13-9-8-12-26(27)37-32/h5-20,31,42H,4H2,1-3H3,(H,36,37). The number of aryl methyl sites for hydroxylation is 1. The lowest BCUT2D eigenvalue weighted by molar-refractivity contribution is 0.0526. The van der Waals surface area contributed by atoms with Gasteiger partial charge in [-0.05, 0) is 80.1 Å². The molecule has 224 valence electrons. The number of nitrogens with one attached hydrogen (secondary N) is 1. The van der Waals surface area contributed by atoms with E-state index in [2.05, 4.69) is 10.2 Å². The first-order valence-electron chi connectivity index (χ1n) is 14.6. The number of fused-ring (bicyclic) bond motifs is 4. The number of aromatic nitrogens is 2. The lowest BCUT2D eigenvalue weighted by Gasteiger charge is -2.40. The van der Waals surface area contributed by atoms with Gasteiger partial charge in [-0.15, -0.1) is 0 Å². The van der Waals surface area contributed by atoms with Gasteiger partial charge in [0.15, 0.2) is 29.0 Å². The normalized spacial score (nSPS) is 14.8. The van der Waals surface area contributed by atoms with E-state index in [0.29, 0.717) is 35.4 Å². The molecule has 2 aliphatic heterocycles. The predicted molar refractivity (Wildman–Crippen MR) is 174 cm³/mol. The molecule has 10 heteroatoms. The van der Waals surface area contributed by atoms with Gasteiger partial charge in [0.1, 0.15) is 0 Å². The Morgan fingerprint density at radius 1 is 0.956 bits per heavy atom. The molecule has 1 atom stereocenters. The van der Waals surface area contributed by atoms with Crippen molar-refractivity contribution in [1.29, 1.82) is 0 Å². The molecule has 0 saturated heterocycles. The molecule has 4 aromatic carbocycles. The maximum Gasteiger partial charge on any atom is 0.338 e. The van der Waals surface area contributed by atoms with E-state index in [0.717, 1.165) is 39.6 Å². The maximum absolute atomic E-state index is 12.3. The molecule has 5 aromatic rings. The fourth-order valence-corrected chi connectivity index (χ4v) is 5.77. The average molecular weight is 599 g/mol. The summed E-state index contributed by atoms with van der Waals surface area (Å²) < 4.78 is 12.5. The number of aromatic hydroxyl groups is 1. The molecule has 3 heterocycles. The summed E-state index contributed by atoms with van der Waals surface area (Å²) in [5.74, 6) is 1.83. The SMILES string of the molecule is CCOC(=O)c1ccc(NC2=Nc3ccccc3N3C2=Nc2c(c(C)nn2-c2ccccc2)C3c2ccc(O)c(OC)c2)cc1. The summed E-state index contributed by atoms with van der Waals surface area (Å²) in [7, 11) is 1.54. The van der Waals surface area contributed by atoms with Gasteiger partial charge in [-0.2, -0.15) is 5.10 Å². The van der Waals surface area contributed by atoms with Crippen molar-refractivity contribution < 1.29 is 19.4 Å². The topological polar surface area (TPSA) is 114 Å². The number of para-hydroxylation sites is 3. The average Bonchev–Trinajstić information content (AvgIpc) is 3.40. The molecule has 0 radical (unpaired) electrons. The summed E-state index contributed by atoms with van der Waals surface area (Å²) in [5.41, 5.74) is 6.31. The van der Waals surface area contributed by atoms with Crippen LogP contribution >= 0.6 is 0 Å². The van der Waals surface area contributed by atoms with Crippen molar-refractivity contribution in [2.45, 2.75) is 19.9 Å². The van der Waals surface area contributed by atoms with Gasteiger partial charge in [0.05, 0.1) is 48.1 Å². The molecule has 7 rings (SSSR count). The number of anilines is 2. The number of rotatable bonds is 6. The Morgan fingerprint density at radius 3 is 2.47 bits per heavy atom. The molecule has 45 heavy (non-hydrogen) atoms. The van der Waals surface area contributed by atoms with Gasteiger partial charge in [0, 0.05) is 11.3 Å². The number of carbonyl (C=O) groups excluding carboxylic acids is 1. The van der Waals surface area contributed by atoms with Crippen LogP contribution in [0.4, 0.5) is 22.9 Å². The van der Waals surface area contributed by atoms with E-state index < -0.39 is 0 Å². The summed E-state index contributed by atoms with van der Waals surface area (Å²) in [6, 6.07) is 29.8. The van der Waals surface area contributed by atoms with Crippen LogP contribution in [0.2, 0.25) is 0 Å². The lowest BCUT2D eigenvalue weighted by atomic mass is 9.93. The number of esters is 1. The highest BCUT2D eigenvalue weighted by Crippen LogP contribution is 2.49. The molecule has 0 fully saturated rings. The highest BCUT2D eigenvalue weighted by molar-refractivity contribution is 6.51. The van der Waals surface area contributed by atoms with Crippen LogP contribution in [-0.4, -0.2) is 46.2 Å². The number of amidine groups is 2. The minimum absolute atomic E-state index is 0.0529. The zero-order valence-corrected chi connectivity index (χ0v) is 24.9. The molecule has 2 N–H and O–H groups in total. The second kappa shape index (κ2) is 11.3. The monoisotopic (exact) mass is 598 g/mol. The van der Waals surface area contributed by atoms with Crippen LogP contribution in [0, 0.1) is 6.92 Å². The van der Waals surface area contributed by atoms with Crippen molar-refractivity contribution in [3.05, 3.63) is 119 Å². The Balaban J connectivity index is 1.43. The van der Waals surface area contributed by atoms with E-state index in [9.17, 15) is 9.90 Å². The Labute approximate surface area is 259 Å². The fraction of sp³-hybridized carbons (Fsp3) is 0.143. The number of phenols is 1. The van der Waals surface area contributed by atoms with Gasteiger partial charge >= 0.3 is 5.97 Å². The van der Waals surface area contributed by atoms with E-state index in [1.54, 1.807) is 25.1 Å². The Bertz CT molecular complexity index is 1980. The molecule has 2 aliphatic rings. The highest BCUT2D eigenvalue weighted by Gasteiger charge is 2.41. The van der Waals surface area contributed by atoms with Crippen molar-refractivity contribution in [1.82, 2.24) is 9.78 Å². The zero-order valence-electron chi connectivity index (χ0n) is 24.9. The molecule has 0 aliphatic carbocycles. The highest BCUT2D eigenvalue weighted by atomic mass is 16.5. The first kappa shape index (κ1) is 27.9. The van der Waals surface area contributed by atoms with Crippen LogP contribution < -0.4 is 15.0 Å². The van der Waals surface area contributed by atoms with Crippen molar-refractivity contribution in [2.75, 3.05) is 23.9 Å². The van der Waals surface area contributed by atoms with E-state index in [1.807, 2.05) is 90.5 Å². The summed E-state index contributed by atoms with van der Waals surface area (Å²) in [6.45, 7) is 4.07. The van der Waals surface area contributed by atoms with Crippen LogP contribution in [0.5, 0.6) is 11.5 Å². The van der Waals surface area contributed by atoms with Crippen molar-refractivity contribution in [3.63, 3.8) is 0 Å². The number of ether oxygens (including phenoxy) is 2. The number of hydrogen-bond acceptors (Lipinski definition) is 9. The van der Waals surface area contributed by atoms with Crippen molar-refractivity contribution in [2.24, 2.45) is 9.98 Å². The van der Waals surface area contributed by atoms with Gasteiger partial charge in [-0.25, -0.2) is 19.5 Å². The number of nitrogens with zero attached hydrogens (tertiary/aromatic N) is 5. The minimum Gasteiger partial charge on any atom is -0.504 e. The maximum atomic E-state index is 12.3. The van der Waals surface area contributed by atoms with Gasteiger partial charge in [0.2, 0.25) is 0 Å². The molecule has 0 bridgehead atoms. The lowest BCUT2D eigenvalue weighted by Crippen LogP contribution is -2.46. The third-order valence-electron chi connectivity index (χ3n) is 7.82. The number of benzene rings is 4. The Morgan fingerprint density at radius 2 is 1.71 bits per heavy atom. The van der Waals surface area contributed by atoms with Crippen LogP contribution in [0.15, 0.2) is 107 Å². The van der Waals surface area contributed by atoms with Crippen LogP contribution in [0.25, 0.3) is 5.69 Å². The minimum atomic E-state index is -0.390. The Hall–Kier alpha value is -5.90. The first-order valence-corrected chi connectivity index (χ1v) is 14.6. The predicted octanol–water partition coefficient (Wildman–Crippen LogP) is 6.87. The summed E-state index contributed by atoms with van der Waals surface area (Å²) in [5, 5.41) is 18.9. The Kier molecular flexibility index (Phi) is 7.01.